The van der Waals surface area contributed by atoms with Crippen molar-refractivity contribution in [3.8, 4) is 31.9 Å². The van der Waals surface area contributed by atoms with Crippen molar-refractivity contribution < 1.29 is 41.3 Å². The first kappa shape index (κ1) is 64.3. The van der Waals surface area contributed by atoms with Crippen LogP contribution in [0, 0.1) is 13.8 Å². The molecule has 1 aliphatic rings. The Morgan fingerprint density at radius 1 is 0.516 bits per heavy atom. The van der Waals surface area contributed by atoms with Crippen LogP contribution in [-0.2, 0) is 32.7 Å². The van der Waals surface area contributed by atoms with Crippen molar-refractivity contribution >= 4 is 57.9 Å². The van der Waals surface area contributed by atoms with E-state index in [0.717, 1.165) is 115 Å². The third-order valence-corrected chi connectivity index (χ3v) is 16.3. The van der Waals surface area contributed by atoms with Crippen LogP contribution in [0.5, 0.6) is 0 Å². The number of aryl methyl sites for hydroxylation is 2. The molecule has 0 aliphatic carbocycles. The zero-order valence-corrected chi connectivity index (χ0v) is 52.5. The van der Waals surface area contributed by atoms with Crippen molar-refractivity contribution in [3.63, 3.8) is 0 Å². The van der Waals surface area contributed by atoms with Gasteiger partial charge in [-0.25, -0.2) is 9.97 Å². The van der Waals surface area contributed by atoms with E-state index in [0.29, 0.717) is 73.2 Å². The second-order valence-electron chi connectivity index (χ2n) is 20.8. The van der Waals surface area contributed by atoms with Gasteiger partial charge >= 0.3 is 0 Å². The number of nitrogens with zero attached hydrogens (tertiary/aromatic N) is 12. The van der Waals surface area contributed by atoms with Gasteiger partial charge in [0.1, 0.15) is 17.8 Å². The summed E-state index contributed by atoms with van der Waals surface area (Å²) >= 11 is 4.62. The van der Waals surface area contributed by atoms with E-state index in [2.05, 4.69) is 82.3 Å². The molecule has 3 amide bonds. The van der Waals surface area contributed by atoms with Gasteiger partial charge in [-0.3, -0.25) is 44.0 Å². The third-order valence-electron chi connectivity index (χ3n) is 13.7. The fourth-order valence-corrected chi connectivity index (χ4v) is 11.4. The van der Waals surface area contributed by atoms with Crippen LogP contribution in [0.4, 0.5) is 0 Å². The molecule has 11 aromatic rings. The molecule has 3 N–H and O–H groups in total. The highest BCUT2D eigenvalue weighted by atomic mass is 32.1. The number of pyridine rings is 2. The first-order chi connectivity index (χ1) is 44.6. The number of hydrogen-bond acceptors (Lipinski definition) is 24. The van der Waals surface area contributed by atoms with Gasteiger partial charge < -0.3 is 42.9 Å². The molecule has 24 nitrogen and oxygen atoms in total. The van der Waals surface area contributed by atoms with Crippen LogP contribution >= 0.6 is 34.0 Å². The van der Waals surface area contributed by atoms with E-state index in [1.165, 1.54) is 16.9 Å². The SMILES string of the molecule is Cc1ncc(CN(CCCNC(=O)c2cc(-c3cccs3)on2)Cc2cnc(C)o2)o1.O=C(NCCCN(CC1=CCN=C1)Cc1cnoc1)c1cc(-c2cccs2)on1.O=C(NCCCN(Cc1ccccn1)Cc1ccccn1)c1cc(-c2cccs2)on1. The number of aliphatic imine (C=N–C) groups is 1. The summed E-state index contributed by atoms with van der Waals surface area (Å²) in [4.78, 5) is 68.0. The van der Waals surface area contributed by atoms with E-state index in [-0.39, 0.29) is 23.4 Å². The summed E-state index contributed by atoms with van der Waals surface area (Å²) in [7, 11) is 0. The van der Waals surface area contributed by atoms with Crippen molar-refractivity contribution in [2.24, 2.45) is 4.99 Å². The fourth-order valence-electron chi connectivity index (χ4n) is 9.34. The average Bonchev–Trinajstić information content (AvgIpc) is 2.43. The molecule has 0 aromatic carbocycles. The Morgan fingerprint density at radius 2 is 0.967 bits per heavy atom. The molecule has 0 atom stereocenters. The maximum atomic E-state index is 12.4. The van der Waals surface area contributed by atoms with E-state index in [1.807, 2.05) is 109 Å². The molecule has 12 heterocycles. The van der Waals surface area contributed by atoms with Gasteiger partial charge in [-0.05, 0) is 83.4 Å². The van der Waals surface area contributed by atoms with Gasteiger partial charge in [-0.1, -0.05) is 57.0 Å². The maximum Gasteiger partial charge on any atom is 0.273 e. The molecule has 0 unspecified atom stereocenters. The molecule has 91 heavy (non-hydrogen) atoms. The fraction of sp³-hybridized carbons (Fsp3) is 0.281. The molecule has 27 heteroatoms. The van der Waals surface area contributed by atoms with Crippen LogP contribution in [0.2, 0.25) is 0 Å². The molecule has 0 saturated heterocycles. The summed E-state index contributed by atoms with van der Waals surface area (Å²) in [5.74, 6) is 3.92. The van der Waals surface area contributed by atoms with Crippen LogP contribution in [0.3, 0.4) is 0 Å². The summed E-state index contributed by atoms with van der Waals surface area (Å²) in [5.41, 5.74) is 5.10. The van der Waals surface area contributed by atoms with Crippen LogP contribution in [0.1, 0.15) is 91.0 Å². The van der Waals surface area contributed by atoms with E-state index in [9.17, 15) is 14.4 Å². The van der Waals surface area contributed by atoms with Crippen LogP contribution < -0.4 is 16.0 Å². The molecule has 12 rings (SSSR count). The summed E-state index contributed by atoms with van der Waals surface area (Å²) in [6.07, 6.45) is 16.8. The summed E-state index contributed by atoms with van der Waals surface area (Å²) in [6.45, 7) is 12.5. The highest BCUT2D eigenvalue weighted by molar-refractivity contribution is 7.14. The van der Waals surface area contributed by atoms with E-state index in [4.69, 9.17) is 26.9 Å². The Kier molecular flexibility index (Phi) is 23.9. The second kappa shape index (κ2) is 33.8. The van der Waals surface area contributed by atoms with Gasteiger partial charge in [0.2, 0.25) is 0 Å². The average molecular weight is 1290 g/mol. The minimum absolute atomic E-state index is 0.229. The number of oxazole rings is 2. The molecule has 470 valence electrons. The minimum atomic E-state index is -0.255. The highest BCUT2D eigenvalue weighted by Crippen LogP contribution is 2.28. The highest BCUT2D eigenvalue weighted by Gasteiger charge is 2.19. The van der Waals surface area contributed by atoms with Gasteiger partial charge in [-0.2, -0.15) is 0 Å². The molecule has 11 aromatic heterocycles. The second-order valence-corrected chi connectivity index (χ2v) is 23.6. The number of carbonyl (C=O) groups is 3. The number of amides is 3. The molecule has 0 spiro atoms. The first-order valence-corrected chi connectivity index (χ1v) is 32.0. The largest absolute Gasteiger partial charge is 0.445 e. The van der Waals surface area contributed by atoms with E-state index in [1.54, 1.807) is 78.1 Å². The summed E-state index contributed by atoms with van der Waals surface area (Å²) in [6, 6.07) is 28.4. The molecular formula is C64H67N15O9S3. The summed E-state index contributed by atoms with van der Waals surface area (Å²) < 4.78 is 32.0. The van der Waals surface area contributed by atoms with E-state index < -0.39 is 0 Å². The Hall–Kier alpha value is -9.64. The van der Waals surface area contributed by atoms with Crippen molar-refractivity contribution in [2.45, 2.75) is 65.8 Å². The van der Waals surface area contributed by atoms with Gasteiger partial charge in [0.25, 0.3) is 17.7 Å². The lowest BCUT2D eigenvalue weighted by Gasteiger charge is -2.21. The zero-order valence-electron chi connectivity index (χ0n) is 50.1. The Balaban J connectivity index is 0.000000150. The molecular weight excluding hydrogens is 1220 g/mol. The van der Waals surface area contributed by atoms with Crippen molar-refractivity contribution in [2.75, 3.05) is 52.4 Å². The number of thiophene rings is 3. The number of carbonyl (C=O) groups excluding carboxylic acids is 3. The van der Waals surface area contributed by atoms with Crippen LogP contribution in [0.25, 0.3) is 31.9 Å². The lowest BCUT2D eigenvalue weighted by atomic mass is 10.2. The molecule has 0 saturated carbocycles. The lowest BCUT2D eigenvalue weighted by Crippen LogP contribution is -2.31. The first-order valence-electron chi connectivity index (χ1n) is 29.4. The standard InChI is InChI=1S/C23H23N5O2S.C21H23N5O4S.C20H21N5O3S/c29-23(20-15-21(30-27-20)22-9-5-14-31-22)26-12-6-13-28(16-18-7-1-3-10-24-18)17-19-8-2-4-11-25-19;1-14-23-10-16(28-14)12-26(13-17-11-24-15(2)29-17)7-4-6-22-21(27)18-9-19(30-25-18)20-5-3-8-31-20;26-20(17-9-18(28-24-17)19-3-1-8-29-19)22-5-2-7-25(12-15-4-6-21-10-15)13-16-11-23-27-14-16/h1-5,7-11,14-15H,6,12-13,16-17H2,(H,26,29);3,5,8-11H,4,6-7,12-13H2,1-2H3,(H,22,27);1,3-4,8-11,14H,2,5-7,12-13H2,(H,22,26). The minimum Gasteiger partial charge on any atom is -0.445 e. The van der Waals surface area contributed by atoms with Gasteiger partial charge in [0.05, 0.1) is 64.2 Å². The van der Waals surface area contributed by atoms with Crippen molar-refractivity contribution in [3.05, 3.63) is 213 Å². The zero-order chi connectivity index (χ0) is 62.8. The van der Waals surface area contributed by atoms with Crippen LogP contribution in [0.15, 0.2) is 188 Å². The van der Waals surface area contributed by atoms with Crippen molar-refractivity contribution in [1.82, 2.24) is 71.2 Å². The van der Waals surface area contributed by atoms with E-state index >= 15 is 0 Å². The molecule has 1 aliphatic heterocycles. The topological polar surface area (TPSA) is 291 Å². The Labute approximate surface area is 536 Å². The number of rotatable bonds is 30. The number of aromatic nitrogens is 8. The quantitative estimate of drug-likeness (QED) is 0.0353. The smallest absolute Gasteiger partial charge is 0.273 e. The maximum absolute atomic E-state index is 12.4. The molecule has 0 bridgehead atoms. The normalized spacial score (nSPS) is 11.8. The monoisotopic (exact) mass is 1290 g/mol. The number of hydrogen-bond donors (Lipinski definition) is 3. The predicted octanol–water partition coefficient (Wildman–Crippen LogP) is 10.9. The molecule has 0 fully saturated rings. The molecule has 0 radical (unpaired) electrons. The third kappa shape index (κ3) is 20.4. The summed E-state index contributed by atoms with van der Waals surface area (Å²) in [5, 5.41) is 30.0. The van der Waals surface area contributed by atoms with Crippen molar-refractivity contribution in [1.29, 1.82) is 0 Å². The lowest BCUT2D eigenvalue weighted by molar-refractivity contribution is 0.0933. The number of nitrogens with one attached hydrogen (secondary N) is 3. The predicted molar refractivity (Wildman–Crippen MR) is 343 cm³/mol. The van der Waals surface area contributed by atoms with Crippen LogP contribution in [-0.4, -0.2) is 132 Å². The Bertz CT molecular complexity index is 3890. The van der Waals surface area contributed by atoms with Gasteiger partial charge in [0, 0.05) is 122 Å². The van der Waals surface area contributed by atoms with Gasteiger partial charge in [-0.15, -0.1) is 34.0 Å². The van der Waals surface area contributed by atoms with Gasteiger partial charge in [0.15, 0.2) is 46.1 Å². The Morgan fingerprint density at radius 3 is 1.33 bits per heavy atom.